The maximum Gasteiger partial charge on any atom is 0.407 e. The topological polar surface area (TPSA) is 128 Å². The first-order chi connectivity index (χ1) is 20.8. The van der Waals surface area contributed by atoms with E-state index < -0.39 is 29.3 Å². The number of alkyl carbamates (subject to hydrolysis) is 1. The molecule has 0 aliphatic carbocycles. The molecule has 1 amide bonds. The molecule has 2 aliphatic rings. The minimum Gasteiger partial charge on any atom is -0.507 e. The van der Waals surface area contributed by atoms with E-state index in [4.69, 9.17) is 20.8 Å². The molecule has 3 N–H and O–H groups in total. The zero-order valence-electron chi connectivity index (χ0n) is 23.7. The fourth-order valence-corrected chi connectivity index (χ4v) is 6.40. The van der Waals surface area contributed by atoms with Crippen LogP contribution in [0.5, 0.6) is 11.5 Å². The summed E-state index contributed by atoms with van der Waals surface area (Å²) < 4.78 is 12.2. The van der Waals surface area contributed by atoms with Crippen LogP contribution in [0.4, 0.5) is 10.5 Å². The maximum atomic E-state index is 13.2. The van der Waals surface area contributed by atoms with Gasteiger partial charge in [0, 0.05) is 72.9 Å². The van der Waals surface area contributed by atoms with Gasteiger partial charge in [-0.3, -0.25) is 9.78 Å². The molecule has 0 unspecified atom stereocenters. The Balaban J connectivity index is 1.26. The molecule has 2 aromatic heterocycles. The van der Waals surface area contributed by atoms with Gasteiger partial charge in [0.1, 0.15) is 34.3 Å². The number of carbonyl (C=O) groups excluding carboxylic acids is 1. The number of nitrogens with zero attached hydrogens (tertiary/aromatic N) is 3. The lowest BCUT2D eigenvalue weighted by Crippen LogP contribution is -2.48. The highest BCUT2D eigenvalue weighted by Gasteiger charge is 2.37. The second-order valence-corrected chi connectivity index (χ2v) is 11.6. The first-order valence-electron chi connectivity index (χ1n) is 14.4. The number of carbonyl (C=O) groups is 1. The Morgan fingerprint density at radius 2 is 1.79 bits per heavy atom. The number of fused-ring (bicyclic) bond motifs is 1. The van der Waals surface area contributed by atoms with Gasteiger partial charge in [-0.2, -0.15) is 0 Å². The second kappa shape index (κ2) is 12.1. The number of hydrogen-bond acceptors (Lipinski definition) is 9. The van der Waals surface area contributed by atoms with E-state index in [-0.39, 0.29) is 28.5 Å². The van der Waals surface area contributed by atoms with Gasteiger partial charge in [0.2, 0.25) is 0 Å². The number of nitrogens with one attached hydrogen (secondary N) is 1. The highest BCUT2D eigenvalue weighted by atomic mass is 35.5. The average molecular weight is 605 g/mol. The van der Waals surface area contributed by atoms with Crippen LogP contribution in [0.3, 0.4) is 0 Å². The quantitative estimate of drug-likeness (QED) is 0.285. The van der Waals surface area contributed by atoms with E-state index in [2.05, 4.69) is 15.2 Å². The molecule has 10 nitrogen and oxygen atoms in total. The Kier molecular flexibility index (Phi) is 8.14. The molecule has 2 aliphatic heterocycles. The molecule has 0 spiro atoms. The predicted octanol–water partition coefficient (Wildman–Crippen LogP) is 5.10. The third-order valence-corrected chi connectivity index (χ3v) is 8.70. The number of aromatic nitrogens is 1. The lowest BCUT2D eigenvalue weighted by atomic mass is 9.85. The number of aromatic hydroxyl groups is 2. The molecular formula is C32H33ClN4O6. The fourth-order valence-electron chi connectivity index (χ4n) is 6.17. The number of ether oxygens (including phenoxy) is 1. The van der Waals surface area contributed by atoms with Crippen LogP contribution in [0.15, 0.2) is 70.1 Å². The van der Waals surface area contributed by atoms with Crippen LogP contribution < -0.4 is 15.6 Å². The number of rotatable bonds is 5. The molecular weight excluding hydrogens is 572 g/mol. The Hall–Kier alpha value is -4.28. The van der Waals surface area contributed by atoms with Crippen molar-refractivity contribution in [3.63, 3.8) is 0 Å². The van der Waals surface area contributed by atoms with Crippen LogP contribution >= 0.6 is 11.6 Å². The van der Waals surface area contributed by atoms with Crippen molar-refractivity contribution in [2.45, 2.75) is 37.3 Å². The summed E-state index contributed by atoms with van der Waals surface area (Å²) >= 11 is 6.39. The van der Waals surface area contributed by atoms with Crippen LogP contribution in [-0.2, 0) is 4.74 Å². The van der Waals surface area contributed by atoms with Gasteiger partial charge in [-0.25, -0.2) is 4.79 Å². The van der Waals surface area contributed by atoms with Gasteiger partial charge in [0.05, 0.1) is 5.02 Å². The molecule has 4 aromatic rings. The van der Waals surface area contributed by atoms with Gasteiger partial charge < -0.3 is 34.5 Å². The highest BCUT2D eigenvalue weighted by molar-refractivity contribution is 6.33. The van der Waals surface area contributed by atoms with Gasteiger partial charge in [-0.15, -0.1) is 0 Å². The third-order valence-electron chi connectivity index (χ3n) is 8.37. The monoisotopic (exact) mass is 604 g/mol. The number of anilines is 1. The molecule has 2 fully saturated rings. The van der Waals surface area contributed by atoms with Gasteiger partial charge in [0.15, 0.2) is 5.43 Å². The molecule has 0 radical (unpaired) electrons. The van der Waals surface area contributed by atoms with E-state index in [9.17, 15) is 19.8 Å². The van der Waals surface area contributed by atoms with Crippen molar-refractivity contribution in [3.8, 4) is 22.8 Å². The SMILES string of the molecule is CN1CC[C@H](c2c(O)cc(O)c3c(=O)cc(-c4ccccc4Cl)oc23)[C@H](OC(=O)NC2CCN(c3ccncc3)CC2)C1. The fraction of sp³-hybridized carbons (Fsp3) is 0.344. The number of likely N-dealkylation sites (N-methyl/N-ethyl adjacent to an activating group) is 1. The summed E-state index contributed by atoms with van der Waals surface area (Å²) in [4.78, 5) is 34.8. The summed E-state index contributed by atoms with van der Waals surface area (Å²) in [5.74, 6) is -0.924. The van der Waals surface area contributed by atoms with Crippen LogP contribution in [0, 0.1) is 0 Å². The van der Waals surface area contributed by atoms with Crippen LogP contribution in [0.2, 0.25) is 5.02 Å². The minimum atomic E-state index is -0.649. The lowest BCUT2D eigenvalue weighted by molar-refractivity contribution is 0.0332. The van der Waals surface area contributed by atoms with E-state index in [0.29, 0.717) is 35.7 Å². The van der Waals surface area contributed by atoms with Crippen LogP contribution in [0.25, 0.3) is 22.3 Å². The van der Waals surface area contributed by atoms with E-state index in [1.807, 2.05) is 24.1 Å². The van der Waals surface area contributed by atoms with E-state index >= 15 is 0 Å². The highest BCUT2D eigenvalue weighted by Crippen LogP contribution is 2.43. The summed E-state index contributed by atoms with van der Waals surface area (Å²) in [6.45, 7) is 2.67. The molecule has 2 atom stereocenters. The Morgan fingerprint density at radius 1 is 1.05 bits per heavy atom. The molecule has 11 heteroatoms. The summed E-state index contributed by atoms with van der Waals surface area (Å²) in [6.07, 6.45) is 4.41. The summed E-state index contributed by atoms with van der Waals surface area (Å²) in [7, 11) is 1.93. The normalized spacial score (nSPS) is 19.8. The molecule has 4 heterocycles. The second-order valence-electron chi connectivity index (χ2n) is 11.2. The van der Waals surface area contributed by atoms with Crippen molar-refractivity contribution >= 4 is 34.4 Å². The molecule has 0 saturated carbocycles. The number of hydrogen-bond donors (Lipinski definition) is 3. The Morgan fingerprint density at radius 3 is 2.53 bits per heavy atom. The number of likely N-dealkylation sites (tertiary alicyclic amines) is 1. The Labute approximate surface area is 253 Å². The number of phenolic OH excluding ortho intramolecular Hbond substituents is 2. The number of halogens is 1. The number of piperidine rings is 2. The van der Waals surface area contributed by atoms with Gasteiger partial charge in [-0.05, 0) is 57.1 Å². The average Bonchev–Trinajstić information content (AvgIpc) is 2.99. The summed E-state index contributed by atoms with van der Waals surface area (Å²) in [5, 5.41) is 25.1. The predicted molar refractivity (Wildman–Crippen MR) is 164 cm³/mol. The van der Waals surface area contributed by atoms with E-state index in [0.717, 1.165) is 37.7 Å². The van der Waals surface area contributed by atoms with E-state index in [1.165, 1.54) is 6.07 Å². The van der Waals surface area contributed by atoms with Crippen molar-refractivity contribution < 1.29 is 24.2 Å². The molecule has 2 aromatic carbocycles. The summed E-state index contributed by atoms with van der Waals surface area (Å²) in [5.41, 5.74) is 1.50. The van der Waals surface area contributed by atoms with Gasteiger partial charge in [-0.1, -0.05) is 23.7 Å². The van der Waals surface area contributed by atoms with Crippen LogP contribution in [0.1, 0.15) is 30.7 Å². The minimum absolute atomic E-state index is 0.0375. The van der Waals surface area contributed by atoms with Crippen molar-refractivity contribution in [1.29, 1.82) is 0 Å². The zero-order chi connectivity index (χ0) is 30.1. The molecule has 43 heavy (non-hydrogen) atoms. The standard InChI is InChI=1S/C32H33ClN4O6/c1-36-13-10-22(28(18-36)43-32(41)35-19-8-14-37(15-9-19)20-6-11-34-12-7-20)29-24(38)16-25(39)30-26(40)17-27(42-31(29)30)21-4-2-3-5-23(21)33/h2-7,11-12,16-17,19,22,28,38-39H,8-10,13-15,18H2,1H3,(H,35,41)/t22-,28+/m0/s1. The van der Waals surface area contributed by atoms with Crippen molar-refractivity contribution in [3.05, 3.63) is 81.7 Å². The Bertz CT molecular complexity index is 1690. The number of phenols is 2. The third kappa shape index (κ3) is 5.98. The van der Waals surface area contributed by atoms with Gasteiger partial charge >= 0.3 is 6.09 Å². The molecule has 6 rings (SSSR count). The van der Waals surface area contributed by atoms with Crippen molar-refractivity contribution in [1.82, 2.24) is 15.2 Å². The first-order valence-corrected chi connectivity index (χ1v) is 14.7. The van der Waals surface area contributed by atoms with Crippen molar-refractivity contribution in [2.75, 3.05) is 38.1 Å². The molecule has 2 saturated heterocycles. The molecule has 0 bridgehead atoms. The van der Waals surface area contributed by atoms with Gasteiger partial charge in [0.25, 0.3) is 0 Å². The largest absolute Gasteiger partial charge is 0.507 e. The number of amides is 1. The molecule has 224 valence electrons. The first kappa shape index (κ1) is 28.8. The maximum absolute atomic E-state index is 13.2. The summed E-state index contributed by atoms with van der Waals surface area (Å²) in [6, 6.07) is 13.3. The van der Waals surface area contributed by atoms with Crippen LogP contribution in [-0.4, -0.2) is 71.6 Å². The zero-order valence-corrected chi connectivity index (χ0v) is 24.5. The smallest absolute Gasteiger partial charge is 0.407 e. The van der Waals surface area contributed by atoms with E-state index in [1.54, 1.807) is 36.7 Å². The van der Waals surface area contributed by atoms with Crippen molar-refractivity contribution in [2.24, 2.45) is 0 Å². The number of pyridine rings is 1. The lowest BCUT2D eigenvalue weighted by Gasteiger charge is -2.37. The number of benzene rings is 2.